The van der Waals surface area contributed by atoms with Crippen molar-refractivity contribution in [2.75, 3.05) is 0 Å². The zero-order valence-corrected chi connectivity index (χ0v) is 7.29. The molecule has 2 heteroatoms. The lowest BCUT2D eigenvalue weighted by Gasteiger charge is -2.15. The fourth-order valence-corrected chi connectivity index (χ4v) is 1.40. The van der Waals surface area contributed by atoms with Crippen LogP contribution in [-0.4, -0.2) is 11.2 Å². The first-order valence-electron chi connectivity index (χ1n) is 4.41. The lowest BCUT2D eigenvalue weighted by Crippen LogP contribution is -2.21. The SMILES string of the molecule is CC1(C(O)Cc2ccco2)CC1. The van der Waals surface area contributed by atoms with Crippen LogP contribution in [0.2, 0.25) is 0 Å². The van der Waals surface area contributed by atoms with Crippen molar-refractivity contribution < 1.29 is 9.52 Å². The average molecular weight is 166 g/mol. The number of rotatable bonds is 3. The van der Waals surface area contributed by atoms with Crippen LogP contribution < -0.4 is 0 Å². The summed E-state index contributed by atoms with van der Waals surface area (Å²) in [5.41, 5.74) is 0.173. The molecule has 1 saturated carbocycles. The van der Waals surface area contributed by atoms with Crippen molar-refractivity contribution in [1.29, 1.82) is 0 Å². The molecule has 1 N–H and O–H groups in total. The van der Waals surface area contributed by atoms with Crippen molar-refractivity contribution in [1.82, 2.24) is 0 Å². The highest BCUT2D eigenvalue weighted by Crippen LogP contribution is 2.48. The molecule has 1 aromatic heterocycles. The molecule has 0 aliphatic heterocycles. The molecule has 66 valence electrons. The molecule has 0 amide bonds. The Labute approximate surface area is 72.2 Å². The summed E-state index contributed by atoms with van der Waals surface area (Å²) in [4.78, 5) is 0. The Kier molecular flexibility index (Phi) is 1.72. The first-order valence-corrected chi connectivity index (χ1v) is 4.41. The van der Waals surface area contributed by atoms with E-state index in [0.717, 1.165) is 18.6 Å². The number of aliphatic hydroxyl groups excluding tert-OH is 1. The molecule has 1 aliphatic carbocycles. The second-order valence-corrected chi connectivity index (χ2v) is 3.95. The first kappa shape index (κ1) is 7.87. The molecule has 0 saturated heterocycles. The third-order valence-corrected chi connectivity index (χ3v) is 2.82. The molecule has 0 bridgehead atoms. The standard InChI is InChI=1S/C10H14O2/c1-10(4-5-10)9(11)7-8-3-2-6-12-8/h2-3,6,9,11H,4-5,7H2,1H3. The van der Waals surface area contributed by atoms with Gasteiger partial charge in [-0.3, -0.25) is 0 Å². The maximum Gasteiger partial charge on any atom is 0.106 e. The fraction of sp³-hybridized carbons (Fsp3) is 0.600. The predicted molar refractivity (Wildman–Crippen MR) is 45.8 cm³/mol. The molecule has 1 aliphatic rings. The van der Waals surface area contributed by atoms with Gasteiger partial charge in [-0.05, 0) is 30.4 Å². The van der Waals surface area contributed by atoms with E-state index in [1.54, 1.807) is 6.26 Å². The van der Waals surface area contributed by atoms with E-state index in [2.05, 4.69) is 6.92 Å². The summed E-state index contributed by atoms with van der Waals surface area (Å²) in [5.74, 6) is 0.885. The van der Waals surface area contributed by atoms with Crippen LogP contribution in [0, 0.1) is 5.41 Å². The van der Waals surface area contributed by atoms with Crippen LogP contribution in [0.1, 0.15) is 25.5 Å². The van der Waals surface area contributed by atoms with Crippen molar-refractivity contribution in [2.45, 2.75) is 32.3 Å². The molecule has 2 rings (SSSR count). The summed E-state index contributed by atoms with van der Waals surface area (Å²) < 4.78 is 5.17. The maximum absolute atomic E-state index is 9.76. The van der Waals surface area contributed by atoms with Gasteiger partial charge in [-0.1, -0.05) is 6.92 Å². The van der Waals surface area contributed by atoms with E-state index in [1.807, 2.05) is 12.1 Å². The van der Waals surface area contributed by atoms with Crippen molar-refractivity contribution in [3.63, 3.8) is 0 Å². The van der Waals surface area contributed by atoms with Crippen molar-refractivity contribution >= 4 is 0 Å². The Balaban J connectivity index is 1.95. The van der Waals surface area contributed by atoms with E-state index in [9.17, 15) is 5.11 Å². The summed E-state index contributed by atoms with van der Waals surface area (Å²) in [6, 6.07) is 3.77. The fourth-order valence-electron chi connectivity index (χ4n) is 1.40. The zero-order valence-electron chi connectivity index (χ0n) is 7.29. The Bertz CT molecular complexity index is 247. The van der Waals surface area contributed by atoms with Gasteiger partial charge < -0.3 is 9.52 Å². The summed E-state index contributed by atoms with van der Waals surface area (Å²) in [7, 11) is 0. The Morgan fingerprint density at radius 3 is 2.92 bits per heavy atom. The highest BCUT2D eigenvalue weighted by Gasteiger charge is 2.44. The summed E-state index contributed by atoms with van der Waals surface area (Å²) >= 11 is 0. The van der Waals surface area contributed by atoms with E-state index >= 15 is 0 Å². The van der Waals surface area contributed by atoms with E-state index < -0.39 is 0 Å². The quantitative estimate of drug-likeness (QED) is 0.744. The monoisotopic (exact) mass is 166 g/mol. The van der Waals surface area contributed by atoms with Gasteiger partial charge in [0.1, 0.15) is 5.76 Å². The van der Waals surface area contributed by atoms with Crippen molar-refractivity contribution in [2.24, 2.45) is 5.41 Å². The van der Waals surface area contributed by atoms with Crippen LogP contribution in [0.3, 0.4) is 0 Å². The van der Waals surface area contributed by atoms with Gasteiger partial charge in [0.25, 0.3) is 0 Å². The molecular formula is C10H14O2. The van der Waals surface area contributed by atoms with Crippen molar-refractivity contribution in [3.05, 3.63) is 24.2 Å². The molecule has 12 heavy (non-hydrogen) atoms. The second-order valence-electron chi connectivity index (χ2n) is 3.95. The molecule has 1 unspecified atom stereocenters. The zero-order chi connectivity index (χ0) is 8.60. The highest BCUT2D eigenvalue weighted by atomic mass is 16.3. The predicted octanol–water partition coefficient (Wildman–Crippen LogP) is 1.98. The summed E-state index contributed by atoms with van der Waals surface area (Å²) in [5, 5.41) is 9.76. The minimum Gasteiger partial charge on any atom is -0.469 e. The molecule has 2 nitrogen and oxygen atoms in total. The Morgan fingerprint density at radius 1 is 1.67 bits per heavy atom. The highest BCUT2D eigenvalue weighted by molar-refractivity contribution is 5.04. The average Bonchev–Trinajstić information content (AvgIpc) is 2.63. The third-order valence-electron chi connectivity index (χ3n) is 2.82. The van der Waals surface area contributed by atoms with Gasteiger partial charge in [0, 0.05) is 6.42 Å². The minimum absolute atomic E-state index is 0.173. The number of furan rings is 1. The smallest absolute Gasteiger partial charge is 0.106 e. The number of hydrogen-bond acceptors (Lipinski definition) is 2. The molecule has 0 spiro atoms. The summed E-state index contributed by atoms with van der Waals surface area (Å²) in [6.45, 7) is 2.13. The third kappa shape index (κ3) is 1.39. The molecule has 1 atom stereocenters. The second kappa shape index (κ2) is 2.63. The van der Waals surface area contributed by atoms with Crippen LogP contribution in [0.15, 0.2) is 22.8 Å². The van der Waals surface area contributed by atoms with E-state index in [0.29, 0.717) is 6.42 Å². The van der Waals surface area contributed by atoms with Crippen LogP contribution in [0.25, 0.3) is 0 Å². The minimum atomic E-state index is -0.233. The molecule has 1 heterocycles. The van der Waals surface area contributed by atoms with E-state index in [-0.39, 0.29) is 11.5 Å². The largest absolute Gasteiger partial charge is 0.469 e. The molecular weight excluding hydrogens is 152 g/mol. The van der Waals surface area contributed by atoms with Crippen molar-refractivity contribution in [3.8, 4) is 0 Å². The topological polar surface area (TPSA) is 33.4 Å². The van der Waals surface area contributed by atoms with Gasteiger partial charge in [-0.15, -0.1) is 0 Å². The Morgan fingerprint density at radius 2 is 2.42 bits per heavy atom. The van der Waals surface area contributed by atoms with E-state index in [1.165, 1.54) is 0 Å². The normalized spacial score (nSPS) is 22.2. The molecule has 1 fully saturated rings. The van der Waals surface area contributed by atoms with Crippen LogP contribution in [-0.2, 0) is 6.42 Å². The van der Waals surface area contributed by atoms with Gasteiger partial charge in [0.15, 0.2) is 0 Å². The van der Waals surface area contributed by atoms with Crippen LogP contribution in [0.5, 0.6) is 0 Å². The Hall–Kier alpha value is -0.760. The van der Waals surface area contributed by atoms with Gasteiger partial charge in [0.2, 0.25) is 0 Å². The first-order chi connectivity index (χ1) is 5.71. The van der Waals surface area contributed by atoms with Gasteiger partial charge in [-0.25, -0.2) is 0 Å². The number of hydrogen-bond donors (Lipinski definition) is 1. The van der Waals surface area contributed by atoms with Gasteiger partial charge >= 0.3 is 0 Å². The number of aliphatic hydroxyl groups is 1. The lowest BCUT2D eigenvalue weighted by atomic mass is 9.98. The van der Waals surface area contributed by atoms with E-state index in [4.69, 9.17) is 4.42 Å². The van der Waals surface area contributed by atoms with Gasteiger partial charge in [-0.2, -0.15) is 0 Å². The summed E-state index contributed by atoms with van der Waals surface area (Å²) in [6.07, 6.45) is 4.37. The molecule has 1 aromatic rings. The van der Waals surface area contributed by atoms with Crippen LogP contribution in [0.4, 0.5) is 0 Å². The van der Waals surface area contributed by atoms with Gasteiger partial charge in [0.05, 0.1) is 12.4 Å². The maximum atomic E-state index is 9.76. The van der Waals surface area contributed by atoms with Crippen LogP contribution >= 0.6 is 0 Å². The molecule has 0 aromatic carbocycles. The lowest BCUT2D eigenvalue weighted by molar-refractivity contribution is 0.0977. The molecule has 0 radical (unpaired) electrons.